The van der Waals surface area contributed by atoms with Crippen molar-refractivity contribution in [2.24, 2.45) is 0 Å². The van der Waals surface area contributed by atoms with Crippen LogP contribution in [0.4, 0.5) is 0 Å². The SMILES string of the molecule is OC1CCCCC1.[Al+3]. The van der Waals surface area contributed by atoms with Crippen LogP contribution in [0, 0.1) is 0 Å². The summed E-state index contributed by atoms with van der Waals surface area (Å²) in [4.78, 5) is 0. The Morgan fingerprint density at radius 2 is 1.50 bits per heavy atom. The van der Waals surface area contributed by atoms with Gasteiger partial charge < -0.3 is 5.11 Å². The third kappa shape index (κ3) is 2.72. The van der Waals surface area contributed by atoms with Crippen molar-refractivity contribution < 1.29 is 5.11 Å². The molecule has 1 aliphatic carbocycles. The second-order valence-electron chi connectivity index (χ2n) is 2.29. The van der Waals surface area contributed by atoms with Crippen LogP contribution in [0.25, 0.3) is 0 Å². The molecule has 2 heteroatoms. The van der Waals surface area contributed by atoms with Gasteiger partial charge in [-0.15, -0.1) is 0 Å². The Labute approximate surface area is 61.2 Å². The predicted octanol–water partition coefficient (Wildman–Crippen LogP) is 0.931. The van der Waals surface area contributed by atoms with Gasteiger partial charge in [-0.2, -0.15) is 0 Å². The van der Waals surface area contributed by atoms with Crippen molar-refractivity contribution in [2.75, 3.05) is 0 Å². The van der Waals surface area contributed by atoms with Crippen molar-refractivity contribution in [1.29, 1.82) is 0 Å². The molecule has 0 amide bonds. The Hall–Kier alpha value is 0.492. The van der Waals surface area contributed by atoms with Crippen molar-refractivity contribution in [3.05, 3.63) is 0 Å². The van der Waals surface area contributed by atoms with Crippen LogP contribution in [-0.2, 0) is 0 Å². The van der Waals surface area contributed by atoms with Crippen LogP contribution in [0.1, 0.15) is 32.1 Å². The molecule has 0 aromatic carbocycles. The van der Waals surface area contributed by atoms with E-state index in [4.69, 9.17) is 5.11 Å². The Balaban J connectivity index is 0.000000490. The summed E-state index contributed by atoms with van der Waals surface area (Å²) in [7, 11) is 0. The first-order valence-corrected chi connectivity index (χ1v) is 3.07. The standard InChI is InChI=1S/C6H12O.Al/c7-6-4-2-1-3-5-6;/h6-7H,1-5H2;/q;+3. The van der Waals surface area contributed by atoms with Crippen LogP contribution >= 0.6 is 0 Å². The van der Waals surface area contributed by atoms with E-state index >= 15 is 0 Å². The van der Waals surface area contributed by atoms with E-state index < -0.39 is 0 Å². The molecule has 0 unspecified atom stereocenters. The van der Waals surface area contributed by atoms with Gasteiger partial charge in [-0.05, 0) is 12.8 Å². The average Bonchev–Trinajstić information content (AvgIpc) is 1.69. The first kappa shape index (κ1) is 8.49. The fourth-order valence-corrected chi connectivity index (χ4v) is 1.08. The molecule has 8 heavy (non-hydrogen) atoms. The Bertz CT molecular complexity index is 50.5. The molecule has 0 bridgehead atoms. The van der Waals surface area contributed by atoms with Gasteiger partial charge in [0, 0.05) is 0 Å². The quantitative estimate of drug-likeness (QED) is 0.480. The van der Waals surface area contributed by atoms with Gasteiger partial charge in [0.25, 0.3) is 0 Å². The molecule has 0 heterocycles. The molecular formula is C6H12AlO+3. The number of aliphatic hydroxyl groups is 1. The molecule has 1 rings (SSSR count). The van der Waals surface area contributed by atoms with Gasteiger partial charge in [0.15, 0.2) is 0 Å². The fraction of sp³-hybridized carbons (Fsp3) is 1.00. The van der Waals surface area contributed by atoms with Crippen molar-refractivity contribution in [2.45, 2.75) is 38.2 Å². The molecule has 0 aliphatic heterocycles. The number of hydrogen-bond acceptors (Lipinski definition) is 1. The minimum Gasteiger partial charge on any atom is -0.393 e. The summed E-state index contributed by atoms with van der Waals surface area (Å²) in [5, 5.41) is 8.91. The van der Waals surface area contributed by atoms with Crippen molar-refractivity contribution >= 4 is 17.4 Å². The molecule has 1 N–H and O–H groups in total. The van der Waals surface area contributed by atoms with Crippen LogP contribution in [0.3, 0.4) is 0 Å². The molecule has 42 valence electrons. The summed E-state index contributed by atoms with van der Waals surface area (Å²) >= 11 is 0. The average molecular weight is 127 g/mol. The van der Waals surface area contributed by atoms with Crippen molar-refractivity contribution in [3.63, 3.8) is 0 Å². The molecule has 0 aromatic heterocycles. The number of rotatable bonds is 0. The summed E-state index contributed by atoms with van der Waals surface area (Å²) in [5.41, 5.74) is 0. The van der Waals surface area contributed by atoms with E-state index in [-0.39, 0.29) is 23.5 Å². The van der Waals surface area contributed by atoms with Gasteiger partial charge in [0.2, 0.25) is 0 Å². The monoisotopic (exact) mass is 127 g/mol. The minimum absolute atomic E-state index is 0. The van der Waals surface area contributed by atoms with E-state index in [9.17, 15) is 0 Å². The minimum atomic E-state index is 0. The van der Waals surface area contributed by atoms with Gasteiger partial charge in [-0.25, -0.2) is 0 Å². The number of aliphatic hydroxyl groups excluding tert-OH is 1. The third-order valence-electron chi connectivity index (χ3n) is 1.57. The first-order chi connectivity index (χ1) is 3.39. The van der Waals surface area contributed by atoms with Gasteiger partial charge in [0.1, 0.15) is 0 Å². The fourth-order valence-electron chi connectivity index (χ4n) is 1.08. The van der Waals surface area contributed by atoms with E-state index in [1.807, 2.05) is 0 Å². The van der Waals surface area contributed by atoms with Crippen LogP contribution in [-0.4, -0.2) is 28.6 Å². The second-order valence-corrected chi connectivity index (χ2v) is 2.29. The molecule has 0 saturated heterocycles. The molecular weight excluding hydrogens is 115 g/mol. The molecule has 1 fully saturated rings. The maximum atomic E-state index is 8.91. The molecule has 1 nitrogen and oxygen atoms in total. The van der Waals surface area contributed by atoms with Crippen molar-refractivity contribution in [1.82, 2.24) is 0 Å². The summed E-state index contributed by atoms with van der Waals surface area (Å²) in [6.45, 7) is 0. The Morgan fingerprint density at radius 1 is 1.00 bits per heavy atom. The molecule has 1 aliphatic rings. The second kappa shape index (κ2) is 4.38. The normalized spacial score (nSPS) is 22.1. The third-order valence-corrected chi connectivity index (χ3v) is 1.57. The van der Waals surface area contributed by atoms with E-state index in [2.05, 4.69) is 0 Å². The molecule has 0 spiro atoms. The maximum absolute atomic E-state index is 8.91. The van der Waals surface area contributed by atoms with Gasteiger partial charge >= 0.3 is 17.4 Å². The smallest absolute Gasteiger partial charge is 0.393 e. The van der Waals surface area contributed by atoms with Crippen LogP contribution < -0.4 is 0 Å². The van der Waals surface area contributed by atoms with Crippen molar-refractivity contribution in [3.8, 4) is 0 Å². The van der Waals surface area contributed by atoms with Crippen LogP contribution in [0.15, 0.2) is 0 Å². The summed E-state index contributed by atoms with van der Waals surface area (Å²) in [5.74, 6) is 0. The Kier molecular flexibility index (Phi) is 4.65. The maximum Gasteiger partial charge on any atom is 3.00 e. The van der Waals surface area contributed by atoms with Gasteiger partial charge in [-0.1, -0.05) is 19.3 Å². The predicted molar refractivity (Wildman–Crippen MR) is 34.8 cm³/mol. The van der Waals surface area contributed by atoms with Gasteiger partial charge in [0.05, 0.1) is 6.10 Å². The topological polar surface area (TPSA) is 20.2 Å². The zero-order valence-electron chi connectivity index (χ0n) is 5.14. The molecule has 0 radical (unpaired) electrons. The summed E-state index contributed by atoms with van der Waals surface area (Å²) in [6, 6.07) is 0. The summed E-state index contributed by atoms with van der Waals surface area (Å²) < 4.78 is 0. The molecule has 0 aromatic rings. The van der Waals surface area contributed by atoms with E-state index in [1.165, 1.54) is 19.3 Å². The largest absolute Gasteiger partial charge is 3.00 e. The van der Waals surface area contributed by atoms with E-state index in [0.29, 0.717) is 0 Å². The zero-order chi connectivity index (χ0) is 5.11. The number of hydrogen-bond donors (Lipinski definition) is 1. The molecule has 1 saturated carbocycles. The zero-order valence-corrected chi connectivity index (χ0v) is 6.29. The molecule has 0 atom stereocenters. The first-order valence-electron chi connectivity index (χ1n) is 3.07. The van der Waals surface area contributed by atoms with Crippen LogP contribution in [0.2, 0.25) is 0 Å². The van der Waals surface area contributed by atoms with E-state index in [1.54, 1.807) is 0 Å². The van der Waals surface area contributed by atoms with Gasteiger partial charge in [-0.3, -0.25) is 0 Å². The van der Waals surface area contributed by atoms with E-state index in [0.717, 1.165) is 12.8 Å². The van der Waals surface area contributed by atoms with Crippen LogP contribution in [0.5, 0.6) is 0 Å². The summed E-state index contributed by atoms with van der Waals surface area (Å²) in [6.07, 6.45) is 5.92. The Morgan fingerprint density at radius 3 is 1.75 bits per heavy atom.